The molecule has 0 radical (unpaired) electrons. The SMILES string of the molecule is CCCCCCC/C=C\C/C=C\CCCCCCCCCCCCCCCCCCCCCCCCCCCCCCCC(=O)NC(COP(=O)(O)OCC[N+](C)(C)C)C(O)/C=C/CC/C=C/CCCCCCCCCCCCCCC. The molecular formula is C73H142N2O6P+. The first kappa shape index (κ1) is 80.5. The van der Waals surface area contributed by atoms with Crippen molar-refractivity contribution in [2.75, 3.05) is 40.9 Å². The number of aliphatic hydroxyl groups is 1. The molecule has 0 aliphatic carbocycles. The molecule has 0 rings (SSSR count). The van der Waals surface area contributed by atoms with E-state index in [4.69, 9.17) is 9.05 Å². The Morgan fingerprint density at radius 1 is 0.415 bits per heavy atom. The number of nitrogens with one attached hydrogen (secondary N) is 1. The number of quaternary nitrogens is 1. The number of unbranched alkanes of at least 4 members (excludes halogenated alkanes) is 48. The molecule has 0 fully saturated rings. The summed E-state index contributed by atoms with van der Waals surface area (Å²) >= 11 is 0. The summed E-state index contributed by atoms with van der Waals surface area (Å²) in [4.78, 5) is 23.4. The first-order valence-corrected chi connectivity index (χ1v) is 37.5. The fourth-order valence-corrected chi connectivity index (χ4v) is 11.7. The van der Waals surface area contributed by atoms with Crippen LogP contribution in [0.25, 0.3) is 0 Å². The van der Waals surface area contributed by atoms with Crippen molar-refractivity contribution in [1.29, 1.82) is 0 Å². The number of nitrogens with zero attached hydrogens (tertiary/aromatic N) is 1. The van der Waals surface area contributed by atoms with Crippen LogP contribution in [0.1, 0.15) is 361 Å². The van der Waals surface area contributed by atoms with Crippen LogP contribution in [-0.4, -0.2) is 73.4 Å². The maximum absolute atomic E-state index is 13.0. The van der Waals surface area contributed by atoms with Gasteiger partial charge in [-0.1, -0.05) is 339 Å². The molecule has 0 spiro atoms. The standard InChI is InChI=1S/C73H141N2O6P/c1-6-8-10-12-14-16-18-20-22-24-26-27-28-29-30-31-32-33-34-35-36-37-38-39-40-41-42-43-44-45-46-47-49-51-53-55-57-59-61-63-65-67-73(77)74-71(70-81-82(78,79)80-69-68-75(3,4)5)72(76)66-64-62-60-58-56-54-52-50-48-25-23-21-19-17-15-13-11-9-7-2/h18,20,24,26,56,58,64,66,71-72,76H,6-17,19,21-23,25,27-55,57,59-63,65,67-70H2,1-5H3,(H-,74,77,78,79)/p+1/b20-18-,26-24-,58-56+,66-64+. The number of phosphoric ester groups is 1. The molecule has 0 aliphatic rings. The fraction of sp³-hybridized carbons (Fsp3) is 0.877. The summed E-state index contributed by atoms with van der Waals surface area (Å²) in [5, 5.41) is 14.0. The van der Waals surface area contributed by atoms with Crippen molar-refractivity contribution in [3.63, 3.8) is 0 Å². The Labute approximate surface area is 511 Å². The monoisotopic (exact) mass is 1170 g/mol. The van der Waals surface area contributed by atoms with Crippen LogP contribution in [0.15, 0.2) is 48.6 Å². The van der Waals surface area contributed by atoms with E-state index in [2.05, 4.69) is 55.6 Å². The molecule has 3 N–H and O–H groups in total. The zero-order valence-electron chi connectivity index (χ0n) is 55.5. The van der Waals surface area contributed by atoms with Gasteiger partial charge in [-0.2, -0.15) is 0 Å². The number of likely N-dealkylation sites (N-methyl/N-ethyl adjacent to an activating group) is 1. The van der Waals surface area contributed by atoms with E-state index in [0.29, 0.717) is 17.4 Å². The number of allylic oxidation sites excluding steroid dienone is 7. The summed E-state index contributed by atoms with van der Waals surface area (Å²) in [6, 6.07) is -0.863. The summed E-state index contributed by atoms with van der Waals surface area (Å²) < 4.78 is 23.8. The lowest BCUT2D eigenvalue weighted by atomic mass is 10.0. The van der Waals surface area contributed by atoms with Crippen LogP contribution in [-0.2, 0) is 18.4 Å². The van der Waals surface area contributed by atoms with Crippen molar-refractivity contribution in [3.05, 3.63) is 48.6 Å². The maximum atomic E-state index is 13.0. The quantitative estimate of drug-likeness (QED) is 0.0243. The zero-order chi connectivity index (χ0) is 59.8. The Balaban J connectivity index is 3.91. The molecule has 3 atom stereocenters. The van der Waals surface area contributed by atoms with Crippen molar-refractivity contribution in [1.82, 2.24) is 5.32 Å². The second-order valence-corrected chi connectivity index (χ2v) is 27.4. The van der Waals surface area contributed by atoms with Crippen molar-refractivity contribution in [3.8, 4) is 0 Å². The lowest BCUT2D eigenvalue weighted by Crippen LogP contribution is -2.45. The summed E-state index contributed by atoms with van der Waals surface area (Å²) in [6.45, 7) is 4.83. The average Bonchev–Trinajstić information content (AvgIpc) is 3.47. The molecule has 9 heteroatoms. The van der Waals surface area contributed by atoms with Crippen LogP contribution < -0.4 is 5.32 Å². The van der Waals surface area contributed by atoms with Gasteiger partial charge in [0.2, 0.25) is 5.91 Å². The lowest BCUT2D eigenvalue weighted by molar-refractivity contribution is -0.870. The van der Waals surface area contributed by atoms with E-state index in [1.807, 2.05) is 27.2 Å². The molecule has 82 heavy (non-hydrogen) atoms. The van der Waals surface area contributed by atoms with E-state index in [-0.39, 0.29) is 19.1 Å². The minimum Gasteiger partial charge on any atom is -0.387 e. The summed E-state index contributed by atoms with van der Waals surface area (Å²) in [7, 11) is 1.57. The van der Waals surface area contributed by atoms with Crippen LogP contribution in [0, 0.1) is 0 Å². The Bertz CT molecular complexity index is 1480. The number of carbonyl (C=O) groups excluding carboxylic acids is 1. The molecule has 0 bridgehead atoms. The third kappa shape index (κ3) is 66.0. The third-order valence-electron chi connectivity index (χ3n) is 16.5. The number of hydrogen-bond donors (Lipinski definition) is 3. The number of aliphatic hydroxyl groups excluding tert-OH is 1. The number of amides is 1. The number of hydrogen-bond acceptors (Lipinski definition) is 5. The summed E-state index contributed by atoms with van der Waals surface area (Å²) in [6.07, 6.45) is 87.2. The number of phosphoric acid groups is 1. The predicted octanol–water partition coefficient (Wildman–Crippen LogP) is 23.0. The van der Waals surface area contributed by atoms with Gasteiger partial charge in [-0.3, -0.25) is 13.8 Å². The molecule has 1 amide bonds. The van der Waals surface area contributed by atoms with Gasteiger partial charge in [0.1, 0.15) is 13.2 Å². The Morgan fingerprint density at radius 3 is 1.05 bits per heavy atom. The molecule has 0 heterocycles. The van der Waals surface area contributed by atoms with E-state index in [1.54, 1.807) is 6.08 Å². The topological polar surface area (TPSA) is 105 Å². The molecule has 3 unspecified atom stereocenters. The summed E-state index contributed by atoms with van der Waals surface area (Å²) in [5.41, 5.74) is 0. The highest BCUT2D eigenvalue weighted by Crippen LogP contribution is 2.43. The molecule has 0 aliphatic heterocycles. The van der Waals surface area contributed by atoms with Crippen molar-refractivity contribution < 1.29 is 32.9 Å². The average molecular weight is 1170 g/mol. The highest BCUT2D eigenvalue weighted by molar-refractivity contribution is 7.47. The van der Waals surface area contributed by atoms with Gasteiger partial charge in [-0.15, -0.1) is 0 Å². The zero-order valence-corrected chi connectivity index (χ0v) is 56.4. The van der Waals surface area contributed by atoms with E-state index in [1.165, 1.54) is 295 Å². The molecule has 484 valence electrons. The third-order valence-corrected chi connectivity index (χ3v) is 17.5. The largest absolute Gasteiger partial charge is 0.472 e. The highest BCUT2D eigenvalue weighted by Gasteiger charge is 2.28. The van der Waals surface area contributed by atoms with Crippen LogP contribution in [0.5, 0.6) is 0 Å². The van der Waals surface area contributed by atoms with Gasteiger partial charge in [-0.05, 0) is 64.2 Å². The Hall–Kier alpha value is -1.54. The van der Waals surface area contributed by atoms with Gasteiger partial charge >= 0.3 is 7.82 Å². The van der Waals surface area contributed by atoms with Crippen LogP contribution >= 0.6 is 7.82 Å². The number of carbonyl (C=O) groups is 1. The minimum absolute atomic E-state index is 0.0578. The molecule has 0 saturated heterocycles. The molecule has 8 nitrogen and oxygen atoms in total. The van der Waals surface area contributed by atoms with Crippen molar-refractivity contribution in [2.24, 2.45) is 0 Å². The van der Waals surface area contributed by atoms with Gasteiger partial charge in [0.15, 0.2) is 0 Å². The second kappa shape index (κ2) is 63.9. The predicted molar refractivity (Wildman–Crippen MR) is 360 cm³/mol. The molecular weight excluding hydrogens is 1030 g/mol. The van der Waals surface area contributed by atoms with Gasteiger partial charge < -0.3 is 19.8 Å². The van der Waals surface area contributed by atoms with Gasteiger partial charge in [-0.25, -0.2) is 4.57 Å². The molecule has 0 aromatic heterocycles. The van der Waals surface area contributed by atoms with Crippen LogP contribution in [0.4, 0.5) is 0 Å². The van der Waals surface area contributed by atoms with Crippen molar-refractivity contribution >= 4 is 13.7 Å². The molecule has 0 aromatic carbocycles. The van der Waals surface area contributed by atoms with E-state index >= 15 is 0 Å². The maximum Gasteiger partial charge on any atom is 0.472 e. The van der Waals surface area contributed by atoms with Crippen LogP contribution in [0.3, 0.4) is 0 Å². The van der Waals surface area contributed by atoms with Gasteiger partial charge in [0.25, 0.3) is 0 Å². The minimum atomic E-state index is -4.36. The van der Waals surface area contributed by atoms with Crippen LogP contribution in [0.2, 0.25) is 0 Å². The molecule has 0 saturated carbocycles. The van der Waals surface area contributed by atoms with Gasteiger partial charge in [0, 0.05) is 6.42 Å². The smallest absolute Gasteiger partial charge is 0.387 e. The van der Waals surface area contributed by atoms with E-state index in [9.17, 15) is 19.4 Å². The lowest BCUT2D eigenvalue weighted by Gasteiger charge is -2.25. The normalized spacial score (nSPS) is 13.9. The highest BCUT2D eigenvalue weighted by atomic mass is 31.2. The number of rotatable bonds is 67. The summed E-state index contributed by atoms with van der Waals surface area (Å²) in [5.74, 6) is -0.180. The Kier molecular flexibility index (Phi) is 62.7. The first-order valence-electron chi connectivity index (χ1n) is 36.0. The second-order valence-electron chi connectivity index (χ2n) is 26.0. The van der Waals surface area contributed by atoms with E-state index in [0.717, 1.165) is 44.9 Å². The fourth-order valence-electron chi connectivity index (χ4n) is 10.9. The van der Waals surface area contributed by atoms with E-state index < -0.39 is 20.0 Å². The molecule has 0 aromatic rings. The van der Waals surface area contributed by atoms with Crippen molar-refractivity contribution in [2.45, 2.75) is 373 Å². The Morgan fingerprint density at radius 2 is 0.707 bits per heavy atom. The van der Waals surface area contributed by atoms with Gasteiger partial charge in [0.05, 0.1) is 39.9 Å². The first-order chi connectivity index (χ1) is 40.0.